The predicted octanol–water partition coefficient (Wildman–Crippen LogP) is 2.61. The average Bonchev–Trinajstić information content (AvgIpc) is 2.69. The molecule has 0 saturated carbocycles. The van der Waals surface area contributed by atoms with Gasteiger partial charge >= 0.3 is 11.8 Å². The maximum atomic E-state index is 12.9. The van der Waals surface area contributed by atoms with Gasteiger partial charge in [0.05, 0.1) is 4.90 Å². The molecule has 0 aliphatic rings. The van der Waals surface area contributed by atoms with E-state index in [1.54, 1.807) is 19.9 Å². The molecule has 2 amide bonds. The van der Waals surface area contributed by atoms with Crippen LogP contribution in [0.15, 0.2) is 59.5 Å². The van der Waals surface area contributed by atoms with E-state index in [1.807, 2.05) is 0 Å². The molecule has 2 aromatic carbocycles. The van der Waals surface area contributed by atoms with Gasteiger partial charge in [0.15, 0.2) is 0 Å². The number of hydrogen-bond donors (Lipinski definition) is 3. The van der Waals surface area contributed by atoms with Gasteiger partial charge in [0.25, 0.3) is 10.0 Å². The van der Waals surface area contributed by atoms with Crippen molar-refractivity contribution in [3.63, 3.8) is 0 Å². The molecular formula is C20H18FN5O4S. The maximum Gasteiger partial charge on any atom is 0.314 e. The van der Waals surface area contributed by atoms with Gasteiger partial charge in [-0.1, -0.05) is 0 Å². The van der Waals surface area contributed by atoms with Crippen molar-refractivity contribution < 1.29 is 22.4 Å². The number of carbonyl (C=O) groups is 2. The van der Waals surface area contributed by atoms with E-state index < -0.39 is 27.7 Å². The first-order chi connectivity index (χ1) is 14.6. The van der Waals surface area contributed by atoms with Crippen molar-refractivity contribution in [3.8, 4) is 0 Å². The highest BCUT2D eigenvalue weighted by Gasteiger charge is 2.18. The van der Waals surface area contributed by atoms with E-state index in [0.717, 1.165) is 12.1 Å². The van der Waals surface area contributed by atoms with Crippen LogP contribution in [0.5, 0.6) is 0 Å². The number of carbonyl (C=O) groups excluding carboxylic acids is 2. The molecule has 3 N–H and O–H groups in total. The molecule has 0 spiro atoms. The van der Waals surface area contributed by atoms with Gasteiger partial charge < -0.3 is 10.6 Å². The number of rotatable bonds is 5. The maximum absolute atomic E-state index is 12.9. The fourth-order valence-corrected chi connectivity index (χ4v) is 3.52. The number of hydrogen-bond acceptors (Lipinski definition) is 6. The SMILES string of the molecule is Cc1cc(C)nc(NS(=O)(=O)c2ccc(NC(=O)C(=O)Nc3ccc(F)cc3)cc2)n1. The van der Waals surface area contributed by atoms with E-state index in [2.05, 4.69) is 25.3 Å². The van der Waals surface area contributed by atoms with Crippen LogP contribution in [-0.4, -0.2) is 30.2 Å². The monoisotopic (exact) mass is 443 g/mol. The van der Waals surface area contributed by atoms with E-state index >= 15 is 0 Å². The van der Waals surface area contributed by atoms with Gasteiger partial charge in [0.2, 0.25) is 5.95 Å². The van der Waals surface area contributed by atoms with E-state index in [-0.39, 0.29) is 22.2 Å². The highest BCUT2D eigenvalue weighted by Crippen LogP contribution is 2.17. The Morgan fingerprint density at radius 1 is 0.806 bits per heavy atom. The van der Waals surface area contributed by atoms with Gasteiger partial charge in [-0.05, 0) is 68.4 Å². The summed E-state index contributed by atoms with van der Waals surface area (Å²) >= 11 is 0. The lowest BCUT2D eigenvalue weighted by Crippen LogP contribution is -2.29. The summed E-state index contributed by atoms with van der Waals surface area (Å²) in [6.07, 6.45) is 0. The average molecular weight is 443 g/mol. The first-order valence-corrected chi connectivity index (χ1v) is 10.4. The zero-order valence-electron chi connectivity index (χ0n) is 16.5. The number of halogens is 1. The quantitative estimate of drug-likeness (QED) is 0.520. The lowest BCUT2D eigenvalue weighted by atomic mass is 10.3. The Balaban J connectivity index is 1.65. The summed E-state index contributed by atoms with van der Waals surface area (Å²) in [5.41, 5.74) is 1.69. The molecule has 3 rings (SSSR count). The first-order valence-electron chi connectivity index (χ1n) is 8.95. The van der Waals surface area contributed by atoms with Crippen molar-refractivity contribution in [3.05, 3.63) is 71.8 Å². The number of nitrogens with zero attached hydrogens (tertiary/aromatic N) is 2. The third-order valence-electron chi connectivity index (χ3n) is 3.94. The van der Waals surface area contributed by atoms with Gasteiger partial charge in [-0.25, -0.2) is 27.5 Å². The van der Waals surface area contributed by atoms with Crippen LogP contribution in [0.4, 0.5) is 21.7 Å². The largest absolute Gasteiger partial charge is 0.318 e. The van der Waals surface area contributed by atoms with Crippen LogP contribution in [0, 0.1) is 19.7 Å². The van der Waals surface area contributed by atoms with Crippen molar-refractivity contribution in [1.82, 2.24) is 9.97 Å². The number of amides is 2. The molecule has 1 aromatic heterocycles. The molecule has 0 saturated heterocycles. The second-order valence-electron chi connectivity index (χ2n) is 6.52. The minimum atomic E-state index is -3.95. The number of anilines is 3. The lowest BCUT2D eigenvalue weighted by molar-refractivity contribution is -0.132. The van der Waals surface area contributed by atoms with Crippen molar-refractivity contribution in [2.75, 3.05) is 15.4 Å². The molecule has 3 aromatic rings. The molecule has 11 heteroatoms. The van der Waals surface area contributed by atoms with Gasteiger partial charge in [0.1, 0.15) is 5.82 Å². The molecule has 160 valence electrons. The Labute approximate surface area is 177 Å². The van der Waals surface area contributed by atoms with Gasteiger partial charge in [-0.15, -0.1) is 0 Å². The Morgan fingerprint density at radius 3 is 1.74 bits per heavy atom. The van der Waals surface area contributed by atoms with Crippen molar-refractivity contribution in [2.24, 2.45) is 0 Å². The Kier molecular flexibility index (Phi) is 6.25. The molecule has 0 bridgehead atoms. The number of aryl methyl sites for hydroxylation is 2. The molecular weight excluding hydrogens is 425 g/mol. The zero-order chi connectivity index (χ0) is 22.6. The number of nitrogens with one attached hydrogen (secondary N) is 3. The zero-order valence-corrected chi connectivity index (χ0v) is 17.3. The molecule has 31 heavy (non-hydrogen) atoms. The van der Waals surface area contributed by atoms with Gasteiger partial charge in [0, 0.05) is 22.8 Å². The van der Waals surface area contributed by atoms with Crippen LogP contribution in [0.1, 0.15) is 11.4 Å². The fraction of sp³-hybridized carbons (Fsp3) is 0.100. The Hall–Kier alpha value is -3.86. The highest BCUT2D eigenvalue weighted by atomic mass is 32.2. The summed E-state index contributed by atoms with van der Waals surface area (Å²) in [5.74, 6) is -2.46. The Bertz CT molecular complexity index is 1210. The van der Waals surface area contributed by atoms with Crippen LogP contribution in [-0.2, 0) is 19.6 Å². The fourth-order valence-electron chi connectivity index (χ4n) is 2.58. The van der Waals surface area contributed by atoms with E-state index in [1.165, 1.54) is 36.4 Å². The molecule has 0 radical (unpaired) electrons. The molecule has 0 aliphatic carbocycles. The lowest BCUT2D eigenvalue weighted by Gasteiger charge is -2.09. The standard InChI is InChI=1S/C20H18FN5O4S/c1-12-11-13(2)23-20(22-12)26-31(29,30)17-9-7-16(8-10-17)25-19(28)18(27)24-15-5-3-14(21)4-6-15/h3-11H,1-2H3,(H,24,27)(H,25,28)(H,22,23,26). The molecule has 0 aliphatic heterocycles. The molecule has 0 unspecified atom stereocenters. The van der Waals surface area contributed by atoms with Crippen molar-refractivity contribution >= 4 is 39.2 Å². The summed E-state index contributed by atoms with van der Waals surface area (Å²) in [6, 6.07) is 11.8. The first kappa shape index (κ1) is 21.8. The normalized spacial score (nSPS) is 10.9. The number of benzene rings is 2. The molecule has 9 nitrogen and oxygen atoms in total. The second kappa shape index (κ2) is 8.88. The van der Waals surface area contributed by atoms with Crippen molar-refractivity contribution in [2.45, 2.75) is 18.7 Å². The van der Waals surface area contributed by atoms with Crippen molar-refractivity contribution in [1.29, 1.82) is 0 Å². The Morgan fingerprint density at radius 2 is 1.26 bits per heavy atom. The minimum Gasteiger partial charge on any atom is -0.318 e. The highest BCUT2D eigenvalue weighted by molar-refractivity contribution is 7.92. The number of sulfonamides is 1. The van der Waals surface area contributed by atoms with Gasteiger partial charge in [-0.2, -0.15) is 0 Å². The smallest absolute Gasteiger partial charge is 0.314 e. The van der Waals surface area contributed by atoms with Crippen LogP contribution in [0.25, 0.3) is 0 Å². The minimum absolute atomic E-state index is 0.0488. The summed E-state index contributed by atoms with van der Waals surface area (Å²) in [4.78, 5) is 32.0. The van der Waals surface area contributed by atoms with Crippen LogP contribution >= 0.6 is 0 Å². The molecule has 0 atom stereocenters. The van der Waals surface area contributed by atoms with E-state index in [9.17, 15) is 22.4 Å². The third-order valence-corrected chi connectivity index (χ3v) is 5.28. The van der Waals surface area contributed by atoms with Crippen LogP contribution in [0.3, 0.4) is 0 Å². The summed E-state index contributed by atoms with van der Waals surface area (Å²) in [6.45, 7) is 3.44. The third kappa shape index (κ3) is 5.82. The summed E-state index contributed by atoms with van der Waals surface area (Å²) in [7, 11) is -3.95. The molecule has 1 heterocycles. The summed E-state index contributed by atoms with van der Waals surface area (Å²) < 4.78 is 40.2. The predicted molar refractivity (Wildman–Crippen MR) is 112 cm³/mol. The van der Waals surface area contributed by atoms with Crippen LogP contribution in [0.2, 0.25) is 0 Å². The summed E-state index contributed by atoms with van der Waals surface area (Å²) in [5, 5.41) is 4.68. The van der Waals surface area contributed by atoms with E-state index in [0.29, 0.717) is 11.4 Å². The number of aromatic nitrogens is 2. The van der Waals surface area contributed by atoms with Crippen LogP contribution < -0.4 is 15.4 Å². The van der Waals surface area contributed by atoms with E-state index in [4.69, 9.17) is 0 Å². The van der Waals surface area contributed by atoms with Gasteiger partial charge in [-0.3, -0.25) is 9.59 Å². The second-order valence-corrected chi connectivity index (χ2v) is 8.20. The topological polar surface area (TPSA) is 130 Å². The molecule has 0 fully saturated rings.